The van der Waals surface area contributed by atoms with Crippen molar-refractivity contribution in [3.05, 3.63) is 48.7 Å². The minimum absolute atomic E-state index is 0.175. The van der Waals surface area contributed by atoms with Gasteiger partial charge in [-0.05, 0) is 49.1 Å². The first kappa shape index (κ1) is 15.4. The summed E-state index contributed by atoms with van der Waals surface area (Å²) < 4.78 is 12.9. The summed E-state index contributed by atoms with van der Waals surface area (Å²) in [5.41, 5.74) is 0.884. The normalized spacial score (nSPS) is 20.1. The Labute approximate surface area is 144 Å². The van der Waals surface area contributed by atoms with Crippen LogP contribution in [-0.4, -0.2) is 33.8 Å². The molecule has 1 fully saturated rings. The first-order chi connectivity index (χ1) is 11.7. The Morgan fingerprint density at radius 2 is 2.00 bits per heavy atom. The van der Waals surface area contributed by atoms with Gasteiger partial charge in [0, 0.05) is 29.9 Å². The molecule has 1 aliphatic rings. The predicted molar refractivity (Wildman–Crippen MR) is 95.9 cm³/mol. The van der Waals surface area contributed by atoms with Gasteiger partial charge in [-0.1, -0.05) is 0 Å². The highest BCUT2D eigenvalue weighted by Gasteiger charge is 2.33. The number of aromatic amines is 1. The number of anilines is 1. The minimum atomic E-state index is -0.175. The number of thioether (sulfide) groups is 1. The Morgan fingerprint density at radius 3 is 2.79 bits per heavy atom. The van der Waals surface area contributed by atoms with Crippen molar-refractivity contribution < 1.29 is 4.39 Å². The highest BCUT2D eigenvalue weighted by molar-refractivity contribution is 7.99. The molecule has 0 unspecified atom stereocenters. The van der Waals surface area contributed by atoms with Gasteiger partial charge in [-0.15, -0.1) is 11.8 Å². The molecule has 24 heavy (non-hydrogen) atoms. The number of fused-ring (bicyclic) bond motifs is 1. The van der Waals surface area contributed by atoms with Gasteiger partial charge in [-0.3, -0.25) is 0 Å². The molecular formula is C18H19FN4S. The average molecular weight is 342 g/mol. The fraction of sp³-hybridized carbons (Fsp3) is 0.333. The van der Waals surface area contributed by atoms with Crippen LogP contribution >= 0.6 is 11.8 Å². The van der Waals surface area contributed by atoms with Crippen molar-refractivity contribution in [3.8, 4) is 0 Å². The van der Waals surface area contributed by atoms with E-state index in [-0.39, 0.29) is 5.82 Å². The molecule has 1 aromatic carbocycles. The summed E-state index contributed by atoms with van der Waals surface area (Å²) in [5.74, 6) is 2.61. The van der Waals surface area contributed by atoms with Gasteiger partial charge in [0.05, 0.1) is 5.39 Å². The van der Waals surface area contributed by atoms with Crippen LogP contribution in [0.4, 0.5) is 10.2 Å². The van der Waals surface area contributed by atoms with Crippen LogP contribution in [0.25, 0.3) is 11.0 Å². The maximum absolute atomic E-state index is 12.9. The smallest absolute Gasteiger partial charge is 0.142 e. The topological polar surface area (TPSA) is 44.8 Å². The van der Waals surface area contributed by atoms with Gasteiger partial charge in [0.15, 0.2) is 0 Å². The summed E-state index contributed by atoms with van der Waals surface area (Å²) in [4.78, 5) is 15.3. The molecule has 4 nitrogen and oxygen atoms in total. The lowest BCUT2D eigenvalue weighted by molar-refractivity contribution is 0.286. The second-order valence-corrected chi connectivity index (χ2v) is 7.40. The lowest BCUT2D eigenvalue weighted by atomic mass is 9.81. The van der Waals surface area contributed by atoms with Crippen molar-refractivity contribution in [2.24, 2.45) is 5.92 Å². The van der Waals surface area contributed by atoms with Crippen LogP contribution in [-0.2, 0) is 0 Å². The number of nitrogens with one attached hydrogen (secondary N) is 1. The molecule has 2 aromatic heterocycles. The molecular weight excluding hydrogens is 323 g/mol. The second-order valence-electron chi connectivity index (χ2n) is 6.30. The number of H-pyrrole nitrogens is 1. The molecule has 0 radical (unpaired) electrons. The van der Waals surface area contributed by atoms with Crippen molar-refractivity contribution in [1.82, 2.24) is 15.0 Å². The summed E-state index contributed by atoms with van der Waals surface area (Å²) >= 11 is 1.81. The van der Waals surface area contributed by atoms with Gasteiger partial charge in [0.25, 0.3) is 0 Å². The summed E-state index contributed by atoms with van der Waals surface area (Å²) in [6.07, 6.45) is 5.85. The number of aromatic nitrogens is 3. The molecule has 1 N–H and O–H groups in total. The zero-order chi connectivity index (χ0) is 16.5. The van der Waals surface area contributed by atoms with Crippen molar-refractivity contribution >= 4 is 28.6 Å². The lowest BCUT2D eigenvalue weighted by Gasteiger charge is -2.41. The standard InChI is InChI=1S/C18H19FN4S/c1-23(18-16-6-7-20-17(16)21-11-22-18)14-8-12(9-14)10-24-15-4-2-13(19)3-5-15/h2-7,11-12,14H,8-10H2,1H3,(H,20,21,22). The number of hydrogen-bond donors (Lipinski definition) is 1. The van der Waals surface area contributed by atoms with Crippen LogP contribution in [0.5, 0.6) is 0 Å². The molecule has 2 heterocycles. The first-order valence-corrected chi connectivity index (χ1v) is 9.08. The summed E-state index contributed by atoms with van der Waals surface area (Å²) in [5, 5.41) is 1.07. The fourth-order valence-electron chi connectivity index (χ4n) is 3.21. The van der Waals surface area contributed by atoms with E-state index in [0.29, 0.717) is 12.0 Å². The van der Waals surface area contributed by atoms with E-state index >= 15 is 0 Å². The zero-order valence-corrected chi connectivity index (χ0v) is 14.3. The predicted octanol–water partition coefficient (Wildman–Crippen LogP) is 4.10. The van der Waals surface area contributed by atoms with Crippen LogP contribution in [0, 0.1) is 11.7 Å². The molecule has 1 aliphatic carbocycles. The molecule has 124 valence electrons. The average Bonchev–Trinajstić information content (AvgIpc) is 3.03. The summed E-state index contributed by atoms with van der Waals surface area (Å²) in [6, 6.07) is 9.31. The number of hydrogen-bond acceptors (Lipinski definition) is 4. The van der Waals surface area contributed by atoms with E-state index in [2.05, 4.69) is 26.9 Å². The van der Waals surface area contributed by atoms with E-state index in [0.717, 1.165) is 27.5 Å². The SMILES string of the molecule is CN(c1ncnc2[nH]ccc12)C1CC(CSc2ccc(F)cc2)C1. The zero-order valence-electron chi connectivity index (χ0n) is 13.4. The molecule has 1 saturated carbocycles. The van der Waals surface area contributed by atoms with Crippen LogP contribution in [0.15, 0.2) is 47.8 Å². The third-order valence-corrected chi connectivity index (χ3v) is 5.97. The Hall–Kier alpha value is -2.08. The summed E-state index contributed by atoms with van der Waals surface area (Å²) in [7, 11) is 2.11. The van der Waals surface area contributed by atoms with E-state index in [4.69, 9.17) is 0 Å². The van der Waals surface area contributed by atoms with Crippen molar-refractivity contribution in [2.75, 3.05) is 17.7 Å². The van der Waals surface area contributed by atoms with Gasteiger partial charge in [0.2, 0.25) is 0 Å². The number of nitrogens with zero attached hydrogens (tertiary/aromatic N) is 3. The monoisotopic (exact) mass is 342 g/mol. The van der Waals surface area contributed by atoms with Crippen LogP contribution in [0.2, 0.25) is 0 Å². The molecule has 4 rings (SSSR count). The molecule has 0 amide bonds. The quantitative estimate of drug-likeness (QED) is 0.709. The van der Waals surface area contributed by atoms with E-state index in [1.54, 1.807) is 6.33 Å². The maximum Gasteiger partial charge on any atom is 0.142 e. The van der Waals surface area contributed by atoms with Gasteiger partial charge in [-0.2, -0.15) is 0 Å². The molecule has 0 atom stereocenters. The Balaban J connectivity index is 1.33. The third-order valence-electron chi connectivity index (χ3n) is 4.72. The molecule has 3 aromatic rings. The molecule has 0 saturated heterocycles. The van der Waals surface area contributed by atoms with E-state index < -0.39 is 0 Å². The van der Waals surface area contributed by atoms with Crippen molar-refractivity contribution in [3.63, 3.8) is 0 Å². The Kier molecular flexibility index (Phi) is 4.14. The van der Waals surface area contributed by atoms with Crippen molar-refractivity contribution in [1.29, 1.82) is 0 Å². The van der Waals surface area contributed by atoms with Crippen LogP contribution in [0.3, 0.4) is 0 Å². The highest BCUT2D eigenvalue weighted by Crippen LogP contribution is 2.38. The molecule has 0 spiro atoms. The maximum atomic E-state index is 12.9. The second kappa shape index (κ2) is 6.43. The van der Waals surface area contributed by atoms with Gasteiger partial charge in [0.1, 0.15) is 23.6 Å². The van der Waals surface area contributed by atoms with Gasteiger partial charge in [-0.25, -0.2) is 14.4 Å². The number of halogens is 1. The Bertz CT molecular complexity index is 826. The minimum Gasteiger partial charge on any atom is -0.356 e. The van der Waals surface area contributed by atoms with Crippen LogP contribution < -0.4 is 4.90 Å². The first-order valence-electron chi connectivity index (χ1n) is 8.10. The van der Waals surface area contributed by atoms with Gasteiger partial charge < -0.3 is 9.88 Å². The van der Waals surface area contributed by atoms with E-state index in [1.165, 1.54) is 25.0 Å². The fourth-order valence-corrected chi connectivity index (χ4v) is 4.24. The largest absolute Gasteiger partial charge is 0.356 e. The Morgan fingerprint density at radius 1 is 1.21 bits per heavy atom. The van der Waals surface area contributed by atoms with Crippen molar-refractivity contribution in [2.45, 2.75) is 23.8 Å². The lowest BCUT2D eigenvalue weighted by Crippen LogP contribution is -2.43. The molecule has 0 aliphatic heterocycles. The summed E-state index contributed by atoms with van der Waals surface area (Å²) in [6.45, 7) is 0. The number of benzene rings is 1. The third kappa shape index (κ3) is 2.98. The highest BCUT2D eigenvalue weighted by atomic mass is 32.2. The van der Waals surface area contributed by atoms with E-state index in [1.807, 2.05) is 36.2 Å². The van der Waals surface area contributed by atoms with E-state index in [9.17, 15) is 4.39 Å². The number of rotatable bonds is 5. The van der Waals surface area contributed by atoms with Crippen LogP contribution in [0.1, 0.15) is 12.8 Å². The molecule has 0 bridgehead atoms. The van der Waals surface area contributed by atoms with Gasteiger partial charge >= 0.3 is 0 Å². The molecule has 6 heteroatoms.